The summed E-state index contributed by atoms with van der Waals surface area (Å²) in [7, 11) is 0. The summed E-state index contributed by atoms with van der Waals surface area (Å²) in [5.41, 5.74) is 0. The van der Waals surface area contributed by atoms with Crippen LogP contribution in [0.4, 0.5) is 0 Å². The molecule has 1 aliphatic heterocycles. The van der Waals surface area contributed by atoms with E-state index in [2.05, 4.69) is 24.2 Å². The van der Waals surface area contributed by atoms with E-state index in [4.69, 9.17) is 0 Å². The van der Waals surface area contributed by atoms with Crippen molar-refractivity contribution in [2.45, 2.75) is 26.2 Å². The molecule has 1 nitrogen and oxygen atoms in total. The lowest BCUT2D eigenvalue weighted by Crippen LogP contribution is -2.24. The molecule has 3 unspecified atom stereocenters. The monoisotopic (exact) mass is 149 g/mol. The summed E-state index contributed by atoms with van der Waals surface area (Å²) in [6.07, 6.45) is 10.5. The number of fused-ring (bicyclic) bond motifs is 1. The van der Waals surface area contributed by atoms with Crippen LogP contribution in [0.1, 0.15) is 26.2 Å². The average Bonchev–Trinajstić information content (AvgIpc) is 2.04. The highest BCUT2D eigenvalue weighted by molar-refractivity contribution is 5.63. The van der Waals surface area contributed by atoms with E-state index in [-0.39, 0.29) is 0 Å². The molecule has 11 heavy (non-hydrogen) atoms. The zero-order chi connectivity index (χ0) is 7.68. The smallest absolute Gasteiger partial charge is 0.0227 e. The van der Waals surface area contributed by atoms with Crippen LogP contribution in [0.2, 0.25) is 0 Å². The molecule has 0 aromatic carbocycles. The lowest BCUT2D eigenvalue weighted by atomic mass is 9.74. The molecule has 0 N–H and O–H groups in total. The van der Waals surface area contributed by atoms with Crippen LogP contribution in [0.5, 0.6) is 0 Å². The zero-order valence-electron chi connectivity index (χ0n) is 7.03. The second-order valence-corrected chi connectivity index (χ2v) is 3.89. The van der Waals surface area contributed by atoms with E-state index >= 15 is 0 Å². The molecule has 3 atom stereocenters. The minimum atomic E-state index is 0.753. The molecule has 1 heterocycles. The Labute approximate surface area is 68.2 Å². The second kappa shape index (κ2) is 2.80. The third-order valence-corrected chi connectivity index (χ3v) is 2.91. The number of allylic oxidation sites excluding steroid dienone is 1. The van der Waals surface area contributed by atoms with Gasteiger partial charge in [-0.15, -0.1) is 0 Å². The van der Waals surface area contributed by atoms with Crippen LogP contribution in [0, 0.1) is 17.8 Å². The Kier molecular flexibility index (Phi) is 1.80. The number of hydrogen-bond acceptors (Lipinski definition) is 1. The number of rotatable bonds is 0. The van der Waals surface area contributed by atoms with Crippen molar-refractivity contribution < 1.29 is 0 Å². The molecule has 0 radical (unpaired) electrons. The lowest BCUT2D eigenvalue weighted by molar-refractivity contribution is 0.283. The maximum Gasteiger partial charge on any atom is 0.0227 e. The van der Waals surface area contributed by atoms with Crippen LogP contribution in [0.15, 0.2) is 17.3 Å². The van der Waals surface area contributed by atoms with Crippen molar-refractivity contribution in [1.29, 1.82) is 0 Å². The Bertz CT molecular complexity index is 193. The number of nitrogens with zero attached hydrogens (tertiary/aromatic N) is 1. The van der Waals surface area contributed by atoms with Crippen molar-refractivity contribution in [2.75, 3.05) is 0 Å². The van der Waals surface area contributed by atoms with Crippen LogP contribution >= 0.6 is 0 Å². The quantitative estimate of drug-likeness (QED) is 0.502. The van der Waals surface area contributed by atoms with Gasteiger partial charge in [0, 0.05) is 18.3 Å². The standard InChI is InChI=1S/C10H15N/c1-8-2-3-9-4-5-11-7-10(9)6-8/h4-5,7-10H,2-3,6H2,1H3. The molecular formula is C10H15N. The molecule has 1 fully saturated rings. The molecular weight excluding hydrogens is 134 g/mol. The van der Waals surface area contributed by atoms with Gasteiger partial charge in [-0.2, -0.15) is 0 Å². The van der Waals surface area contributed by atoms with Gasteiger partial charge in [0.25, 0.3) is 0 Å². The lowest BCUT2D eigenvalue weighted by Gasteiger charge is -2.31. The highest BCUT2D eigenvalue weighted by Crippen LogP contribution is 2.34. The number of aliphatic imine (C=N–C) groups is 1. The molecule has 1 heteroatoms. The first kappa shape index (κ1) is 7.08. The van der Waals surface area contributed by atoms with E-state index in [1.54, 1.807) is 0 Å². The second-order valence-electron chi connectivity index (χ2n) is 3.89. The van der Waals surface area contributed by atoms with Gasteiger partial charge in [-0.3, -0.25) is 4.99 Å². The van der Waals surface area contributed by atoms with Gasteiger partial charge in [-0.05, 0) is 24.7 Å². The molecule has 0 aromatic rings. The minimum absolute atomic E-state index is 0.753. The van der Waals surface area contributed by atoms with Crippen LogP contribution in [-0.4, -0.2) is 6.21 Å². The van der Waals surface area contributed by atoms with E-state index in [0.29, 0.717) is 0 Å². The molecule has 1 saturated carbocycles. The van der Waals surface area contributed by atoms with Gasteiger partial charge >= 0.3 is 0 Å². The maximum atomic E-state index is 4.19. The first-order chi connectivity index (χ1) is 5.36. The Hall–Kier alpha value is -0.590. The highest BCUT2D eigenvalue weighted by atomic mass is 14.7. The van der Waals surface area contributed by atoms with Gasteiger partial charge in [0.1, 0.15) is 0 Å². The van der Waals surface area contributed by atoms with Crippen molar-refractivity contribution in [3.8, 4) is 0 Å². The molecule has 60 valence electrons. The Morgan fingerprint density at radius 3 is 3.09 bits per heavy atom. The molecule has 1 aliphatic carbocycles. The first-order valence-corrected chi connectivity index (χ1v) is 4.56. The van der Waals surface area contributed by atoms with E-state index < -0.39 is 0 Å². The van der Waals surface area contributed by atoms with Crippen LogP contribution in [0.3, 0.4) is 0 Å². The zero-order valence-corrected chi connectivity index (χ0v) is 7.03. The topological polar surface area (TPSA) is 12.4 Å². The SMILES string of the molecule is CC1CCC2C=CN=CC2C1. The van der Waals surface area contributed by atoms with E-state index in [0.717, 1.165) is 17.8 Å². The fourth-order valence-electron chi connectivity index (χ4n) is 2.18. The molecule has 0 aromatic heterocycles. The van der Waals surface area contributed by atoms with Crippen molar-refractivity contribution >= 4 is 6.21 Å². The van der Waals surface area contributed by atoms with Crippen LogP contribution < -0.4 is 0 Å². The molecule has 0 spiro atoms. The molecule has 0 saturated heterocycles. The Morgan fingerprint density at radius 1 is 1.27 bits per heavy atom. The van der Waals surface area contributed by atoms with Crippen molar-refractivity contribution in [3.63, 3.8) is 0 Å². The molecule has 2 rings (SSSR count). The van der Waals surface area contributed by atoms with E-state index in [1.165, 1.54) is 19.3 Å². The third-order valence-electron chi connectivity index (χ3n) is 2.91. The summed E-state index contributed by atoms with van der Waals surface area (Å²) >= 11 is 0. The minimum Gasteiger partial charge on any atom is -0.269 e. The highest BCUT2D eigenvalue weighted by Gasteiger charge is 2.26. The van der Waals surface area contributed by atoms with Gasteiger partial charge in [0.2, 0.25) is 0 Å². The first-order valence-electron chi connectivity index (χ1n) is 4.56. The summed E-state index contributed by atoms with van der Waals surface area (Å²) in [5, 5.41) is 0. The Morgan fingerprint density at radius 2 is 2.18 bits per heavy atom. The predicted octanol–water partition coefficient (Wildman–Crippen LogP) is 2.64. The fourth-order valence-corrected chi connectivity index (χ4v) is 2.18. The summed E-state index contributed by atoms with van der Waals surface area (Å²) in [4.78, 5) is 4.19. The summed E-state index contributed by atoms with van der Waals surface area (Å²) in [6.45, 7) is 2.35. The molecule has 0 bridgehead atoms. The Balaban J connectivity index is 2.07. The summed E-state index contributed by atoms with van der Waals surface area (Å²) < 4.78 is 0. The van der Waals surface area contributed by atoms with Crippen molar-refractivity contribution in [1.82, 2.24) is 0 Å². The van der Waals surface area contributed by atoms with Crippen LogP contribution in [-0.2, 0) is 0 Å². The predicted molar refractivity (Wildman–Crippen MR) is 47.6 cm³/mol. The van der Waals surface area contributed by atoms with Crippen molar-refractivity contribution in [2.24, 2.45) is 22.7 Å². The maximum absolute atomic E-state index is 4.19. The van der Waals surface area contributed by atoms with Gasteiger partial charge in [0.15, 0.2) is 0 Å². The van der Waals surface area contributed by atoms with E-state index in [1.807, 2.05) is 6.20 Å². The number of hydrogen-bond donors (Lipinski definition) is 0. The summed E-state index contributed by atoms with van der Waals surface area (Å²) in [6, 6.07) is 0. The van der Waals surface area contributed by atoms with Crippen LogP contribution in [0.25, 0.3) is 0 Å². The van der Waals surface area contributed by atoms with Crippen molar-refractivity contribution in [3.05, 3.63) is 12.3 Å². The van der Waals surface area contributed by atoms with Gasteiger partial charge < -0.3 is 0 Å². The van der Waals surface area contributed by atoms with E-state index in [9.17, 15) is 0 Å². The fraction of sp³-hybridized carbons (Fsp3) is 0.700. The average molecular weight is 149 g/mol. The van der Waals surface area contributed by atoms with Gasteiger partial charge in [-0.25, -0.2) is 0 Å². The largest absolute Gasteiger partial charge is 0.269 e. The third kappa shape index (κ3) is 1.37. The molecule has 0 amide bonds. The van der Waals surface area contributed by atoms with Gasteiger partial charge in [-0.1, -0.05) is 19.4 Å². The molecule has 2 aliphatic rings. The van der Waals surface area contributed by atoms with Gasteiger partial charge in [0.05, 0.1) is 0 Å². The summed E-state index contributed by atoms with van der Waals surface area (Å²) in [5.74, 6) is 2.47. The normalized spacial score (nSPS) is 42.1.